The van der Waals surface area contributed by atoms with E-state index >= 15 is 0 Å². The number of rotatable bonds is 6. The molecule has 1 saturated carbocycles. The highest BCUT2D eigenvalue weighted by molar-refractivity contribution is 5.91. The molecule has 3 N–H and O–H groups in total. The Morgan fingerprint density at radius 3 is 2.83 bits per heavy atom. The lowest BCUT2D eigenvalue weighted by Gasteiger charge is -2.12. The SMILES string of the molecule is Cc1cc(NC(=O)CNC(C(=O)O)C2CC2)on1. The van der Waals surface area contributed by atoms with Crippen LogP contribution in [0, 0.1) is 12.8 Å². The van der Waals surface area contributed by atoms with Crippen LogP contribution in [0.15, 0.2) is 10.6 Å². The lowest BCUT2D eigenvalue weighted by atomic mass is 10.2. The van der Waals surface area contributed by atoms with Crippen molar-refractivity contribution < 1.29 is 19.2 Å². The number of hydrogen-bond donors (Lipinski definition) is 3. The number of anilines is 1. The molecule has 0 aromatic carbocycles. The highest BCUT2D eigenvalue weighted by atomic mass is 16.5. The molecule has 1 aliphatic rings. The maximum atomic E-state index is 11.5. The van der Waals surface area contributed by atoms with Gasteiger partial charge in [-0.1, -0.05) is 5.16 Å². The van der Waals surface area contributed by atoms with Crippen molar-refractivity contribution in [3.8, 4) is 0 Å². The smallest absolute Gasteiger partial charge is 0.320 e. The number of aromatic nitrogens is 1. The normalized spacial score (nSPS) is 16.3. The first-order valence-corrected chi connectivity index (χ1v) is 5.75. The van der Waals surface area contributed by atoms with E-state index in [2.05, 4.69) is 15.8 Å². The third-order valence-electron chi connectivity index (χ3n) is 2.73. The third kappa shape index (κ3) is 3.30. The molecule has 1 aliphatic carbocycles. The summed E-state index contributed by atoms with van der Waals surface area (Å²) >= 11 is 0. The Kier molecular flexibility index (Phi) is 3.61. The number of aryl methyl sites for hydroxylation is 1. The number of carboxylic acids is 1. The number of nitrogens with zero attached hydrogens (tertiary/aromatic N) is 1. The molecule has 1 atom stereocenters. The van der Waals surface area contributed by atoms with Crippen LogP contribution < -0.4 is 10.6 Å². The van der Waals surface area contributed by atoms with Gasteiger partial charge in [-0.05, 0) is 25.7 Å². The first kappa shape index (κ1) is 12.6. The molecule has 1 fully saturated rings. The number of nitrogens with one attached hydrogen (secondary N) is 2. The van der Waals surface area contributed by atoms with Gasteiger partial charge in [0, 0.05) is 6.07 Å². The quantitative estimate of drug-likeness (QED) is 0.676. The molecule has 1 heterocycles. The fraction of sp³-hybridized carbons (Fsp3) is 0.545. The summed E-state index contributed by atoms with van der Waals surface area (Å²) in [6.07, 6.45) is 1.79. The standard InChI is InChI=1S/C11H15N3O4/c1-6-4-9(18-14-6)13-8(15)5-12-10(11(16)17)7-2-3-7/h4,7,10,12H,2-3,5H2,1H3,(H,13,15)(H,16,17). The lowest BCUT2D eigenvalue weighted by Crippen LogP contribution is -2.42. The molecule has 18 heavy (non-hydrogen) atoms. The maximum absolute atomic E-state index is 11.5. The zero-order valence-corrected chi connectivity index (χ0v) is 9.97. The number of carbonyl (C=O) groups is 2. The number of carboxylic acid groups (broad SMARTS) is 1. The highest BCUT2D eigenvalue weighted by Gasteiger charge is 2.36. The molecule has 0 aliphatic heterocycles. The van der Waals surface area contributed by atoms with Gasteiger partial charge in [0.15, 0.2) is 0 Å². The van der Waals surface area contributed by atoms with Crippen LogP contribution in [0.5, 0.6) is 0 Å². The van der Waals surface area contributed by atoms with Crippen LogP contribution in [-0.2, 0) is 9.59 Å². The van der Waals surface area contributed by atoms with Crippen LogP contribution in [0.4, 0.5) is 5.88 Å². The lowest BCUT2D eigenvalue weighted by molar-refractivity contribution is -0.140. The minimum absolute atomic E-state index is 0.0623. The van der Waals surface area contributed by atoms with Crippen molar-refractivity contribution >= 4 is 17.8 Å². The summed E-state index contributed by atoms with van der Waals surface area (Å²) in [7, 11) is 0. The highest BCUT2D eigenvalue weighted by Crippen LogP contribution is 2.32. The van der Waals surface area contributed by atoms with Crippen molar-refractivity contribution in [1.29, 1.82) is 0 Å². The zero-order valence-electron chi connectivity index (χ0n) is 9.97. The van der Waals surface area contributed by atoms with E-state index in [1.165, 1.54) is 0 Å². The molecule has 1 aromatic heterocycles. The third-order valence-corrected chi connectivity index (χ3v) is 2.73. The van der Waals surface area contributed by atoms with Crippen LogP contribution in [0.3, 0.4) is 0 Å². The second-order valence-corrected chi connectivity index (χ2v) is 4.41. The summed E-state index contributed by atoms with van der Waals surface area (Å²) in [6.45, 7) is 1.68. The van der Waals surface area contributed by atoms with E-state index in [0.717, 1.165) is 12.8 Å². The number of carbonyl (C=O) groups excluding carboxylic acids is 1. The first-order chi connectivity index (χ1) is 8.56. The molecule has 0 radical (unpaired) electrons. The van der Waals surface area contributed by atoms with E-state index in [-0.39, 0.29) is 24.3 Å². The van der Waals surface area contributed by atoms with Crippen LogP contribution >= 0.6 is 0 Å². The van der Waals surface area contributed by atoms with Gasteiger partial charge >= 0.3 is 5.97 Å². The Bertz CT molecular complexity index is 453. The fourth-order valence-electron chi connectivity index (χ4n) is 1.69. The summed E-state index contributed by atoms with van der Waals surface area (Å²) in [5, 5.41) is 17.8. The average molecular weight is 253 g/mol. The summed E-state index contributed by atoms with van der Waals surface area (Å²) in [6, 6.07) is 0.945. The fourth-order valence-corrected chi connectivity index (χ4v) is 1.69. The Morgan fingerprint density at radius 1 is 1.61 bits per heavy atom. The van der Waals surface area contributed by atoms with Crippen molar-refractivity contribution in [2.75, 3.05) is 11.9 Å². The van der Waals surface area contributed by atoms with Crippen LogP contribution in [0.25, 0.3) is 0 Å². The maximum Gasteiger partial charge on any atom is 0.320 e. The Labute approximate surface area is 104 Å². The Morgan fingerprint density at radius 2 is 2.33 bits per heavy atom. The van der Waals surface area contributed by atoms with E-state index in [0.29, 0.717) is 5.69 Å². The van der Waals surface area contributed by atoms with E-state index in [1.807, 2.05) is 0 Å². The predicted molar refractivity (Wildman–Crippen MR) is 62.0 cm³/mol. The van der Waals surface area contributed by atoms with Gasteiger partial charge in [0.1, 0.15) is 6.04 Å². The minimum Gasteiger partial charge on any atom is -0.480 e. The van der Waals surface area contributed by atoms with Crippen LogP contribution in [-0.4, -0.2) is 34.7 Å². The largest absolute Gasteiger partial charge is 0.480 e. The second-order valence-electron chi connectivity index (χ2n) is 4.41. The van der Waals surface area contributed by atoms with Gasteiger partial charge in [-0.25, -0.2) is 0 Å². The van der Waals surface area contributed by atoms with Gasteiger partial charge in [0.05, 0.1) is 12.2 Å². The Hall–Kier alpha value is -1.89. The monoisotopic (exact) mass is 253 g/mol. The number of amides is 1. The number of hydrogen-bond acceptors (Lipinski definition) is 5. The molecule has 1 unspecified atom stereocenters. The molecule has 0 spiro atoms. The van der Waals surface area contributed by atoms with Crippen molar-refractivity contribution in [3.63, 3.8) is 0 Å². The van der Waals surface area contributed by atoms with Gasteiger partial charge in [-0.3, -0.25) is 20.2 Å². The summed E-state index contributed by atoms with van der Waals surface area (Å²) in [5.74, 6) is -0.862. The summed E-state index contributed by atoms with van der Waals surface area (Å²) in [4.78, 5) is 22.5. The zero-order chi connectivity index (χ0) is 13.1. The summed E-state index contributed by atoms with van der Waals surface area (Å²) in [5.41, 5.74) is 0.666. The van der Waals surface area contributed by atoms with Crippen LogP contribution in [0.1, 0.15) is 18.5 Å². The molecule has 1 aromatic rings. The molecule has 7 nitrogen and oxygen atoms in total. The molecular weight excluding hydrogens is 238 g/mol. The molecule has 7 heteroatoms. The van der Waals surface area contributed by atoms with Gasteiger partial charge < -0.3 is 9.63 Å². The van der Waals surface area contributed by atoms with E-state index < -0.39 is 12.0 Å². The molecular formula is C11H15N3O4. The molecule has 0 saturated heterocycles. The van der Waals surface area contributed by atoms with Gasteiger partial charge in [-0.2, -0.15) is 0 Å². The van der Waals surface area contributed by atoms with Gasteiger partial charge in [0.2, 0.25) is 11.8 Å². The molecule has 1 amide bonds. The Balaban J connectivity index is 1.78. The van der Waals surface area contributed by atoms with Crippen molar-refractivity contribution in [2.24, 2.45) is 5.92 Å². The van der Waals surface area contributed by atoms with Gasteiger partial charge in [-0.15, -0.1) is 0 Å². The minimum atomic E-state index is -0.916. The van der Waals surface area contributed by atoms with E-state index in [1.54, 1.807) is 13.0 Å². The summed E-state index contributed by atoms with van der Waals surface area (Å²) < 4.78 is 4.82. The van der Waals surface area contributed by atoms with Crippen molar-refractivity contribution in [3.05, 3.63) is 11.8 Å². The topological polar surface area (TPSA) is 104 Å². The predicted octanol–water partition coefficient (Wildman–Crippen LogP) is 0.374. The molecule has 0 bridgehead atoms. The van der Waals surface area contributed by atoms with E-state index in [9.17, 15) is 9.59 Å². The molecule has 98 valence electrons. The second kappa shape index (κ2) is 5.18. The first-order valence-electron chi connectivity index (χ1n) is 5.75. The number of aliphatic carboxylic acids is 1. The van der Waals surface area contributed by atoms with Crippen molar-refractivity contribution in [1.82, 2.24) is 10.5 Å². The molecule has 2 rings (SSSR count). The van der Waals surface area contributed by atoms with Crippen molar-refractivity contribution in [2.45, 2.75) is 25.8 Å². The van der Waals surface area contributed by atoms with Crippen LogP contribution in [0.2, 0.25) is 0 Å². The van der Waals surface area contributed by atoms with Gasteiger partial charge in [0.25, 0.3) is 0 Å². The van der Waals surface area contributed by atoms with E-state index in [4.69, 9.17) is 9.63 Å². The average Bonchev–Trinajstić information content (AvgIpc) is 3.03.